The molecular formula is C35H48N2O2. The predicted molar refractivity (Wildman–Crippen MR) is 167 cm³/mol. The van der Waals surface area contributed by atoms with E-state index in [0.717, 1.165) is 74.6 Å². The summed E-state index contributed by atoms with van der Waals surface area (Å²) in [6, 6.07) is 6.60. The van der Waals surface area contributed by atoms with Gasteiger partial charge in [0.15, 0.2) is 0 Å². The number of nitrogens with zero attached hydrogens (tertiary/aromatic N) is 2. The molecule has 0 bridgehead atoms. The van der Waals surface area contributed by atoms with Gasteiger partial charge < -0.3 is 9.64 Å². The van der Waals surface area contributed by atoms with Gasteiger partial charge in [0.1, 0.15) is 5.75 Å². The molecule has 1 aliphatic heterocycles. The quantitative estimate of drug-likeness (QED) is 0.161. The van der Waals surface area contributed by atoms with Crippen molar-refractivity contribution in [2.45, 2.75) is 83.6 Å². The molecule has 0 N–H and O–H groups in total. The number of ether oxygens (including phenoxy) is 1. The van der Waals surface area contributed by atoms with E-state index in [1.807, 2.05) is 16.7 Å². The number of benzene rings is 1. The van der Waals surface area contributed by atoms with E-state index in [1.165, 1.54) is 18.4 Å². The molecule has 1 fully saturated rings. The fraction of sp³-hybridized carbons (Fsp3) is 0.457. The van der Waals surface area contributed by atoms with Crippen LogP contribution in [0.5, 0.6) is 5.75 Å². The maximum Gasteiger partial charge on any atom is 0.231 e. The molecule has 1 aromatic heterocycles. The molecule has 0 unspecified atom stereocenters. The van der Waals surface area contributed by atoms with Crippen molar-refractivity contribution in [3.63, 3.8) is 0 Å². The van der Waals surface area contributed by atoms with Gasteiger partial charge in [0.2, 0.25) is 5.91 Å². The van der Waals surface area contributed by atoms with Gasteiger partial charge in [-0.3, -0.25) is 9.36 Å². The molecule has 0 aliphatic carbocycles. The van der Waals surface area contributed by atoms with E-state index >= 15 is 0 Å². The van der Waals surface area contributed by atoms with Crippen LogP contribution in [0.15, 0.2) is 85.2 Å². The largest absolute Gasteiger partial charge is 0.497 e. The monoisotopic (exact) mass is 528 g/mol. The highest BCUT2D eigenvalue weighted by Crippen LogP contribution is 2.30. The first-order chi connectivity index (χ1) is 19.1. The first-order valence-corrected chi connectivity index (χ1v) is 14.8. The Balaban J connectivity index is 1.40. The summed E-state index contributed by atoms with van der Waals surface area (Å²) in [6.45, 7) is 3.31. The zero-order valence-corrected chi connectivity index (χ0v) is 24.4. The minimum absolute atomic E-state index is 0.170. The summed E-state index contributed by atoms with van der Waals surface area (Å²) in [5.41, 5.74) is 2.24. The topological polar surface area (TPSA) is 34.5 Å². The third-order valence-corrected chi connectivity index (χ3v) is 7.41. The second-order valence-corrected chi connectivity index (χ2v) is 10.4. The zero-order chi connectivity index (χ0) is 27.7. The van der Waals surface area contributed by atoms with Crippen molar-refractivity contribution in [2.75, 3.05) is 20.7 Å². The maximum absolute atomic E-state index is 13.2. The number of likely N-dealkylation sites (N-methyl/N-ethyl adjacent to an activating group) is 1. The summed E-state index contributed by atoms with van der Waals surface area (Å²) in [5.74, 6) is 1.01. The molecular weight excluding hydrogens is 480 g/mol. The molecule has 2 aromatic rings. The van der Waals surface area contributed by atoms with Crippen molar-refractivity contribution in [3.8, 4) is 5.75 Å². The second-order valence-electron chi connectivity index (χ2n) is 10.4. The average molecular weight is 529 g/mol. The Kier molecular flexibility index (Phi) is 13.6. The number of likely N-dealkylation sites (tertiary alicyclic amines) is 1. The Labute approximate surface area is 236 Å². The normalized spacial score (nSPS) is 16.9. The molecule has 0 saturated carbocycles. The van der Waals surface area contributed by atoms with Crippen LogP contribution in [0.4, 0.5) is 0 Å². The number of carbonyl (C=O) groups is 1. The van der Waals surface area contributed by atoms with Gasteiger partial charge in [-0.2, -0.15) is 0 Å². The van der Waals surface area contributed by atoms with E-state index in [-0.39, 0.29) is 5.91 Å². The molecule has 1 saturated heterocycles. The van der Waals surface area contributed by atoms with Crippen LogP contribution in [0.25, 0.3) is 10.9 Å². The SMILES string of the molecule is CC/C=C\C/C=C\C/C=C\C/C=C\C/C=C\CCCC(=O)n1cc(C[C@H]2CCCN2C)c2cc(OC)ccc21. The number of hydrogen-bond acceptors (Lipinski definition) is 3. The Bertz CT molecular complexity index is 1160. The highest BCUT2D eigenvalue weighted by molar-refractivity contribution is 5.95. The van der Waals surface area contributed by atoms with Gasteiger partial charge in [0.25, 0.3) is 0 Å². The fourth-order valence-electron chi connectivity index (χ4n) is 5.12. The van der Waals surface area contributed by atoms with E-state index in [1.54, 1.807) is 7.11 Å². The van der Waals surface area contributed by atoms with Crippen molar-refractivity contribution in [3.05, 3.63) is 90.7 Å². The molecule has 4 heteroatoms. The van der Waals surface area contributed by atoms with E-state index < -0.39 is 0 Å². The van der Waals surface area contributed by atoms with Crippen LogP contribution >= 0.6 is 0 Å². The predicted octanol–water partition coefficient (Wildman–Crippen LogP) is 8.85. The first kappa shape index (κ1) is 30.4. The molecule has 0 amide bonds. The summed E-state index contributed by atoms with van der Waals surface area (Å²) >= 11 is 0. The standard InChI is InChI=1S/C35H48N2O2/c1-4-5-6-7-8-9-10-11-12-13-14-15-16-17-18-19-20-23-35(38)37-29-30(27-31-22-21-26-36(31)2)33-28-32(39-3)24-25-34(33)37/h5-6,8-9,11-12,14-15,17-18,24-25,28-29,31H,4,7,10,13,16,19-23,26-27H2,1-3H3/b6-5-,9-8-,12-11-,15-14-,18-17-/t31-/m1/s1. The number of rotatable bonds is 16. The highest BCUT2D eigenvalue weighted by atomic mass is 16.5. The molecule has 210 valence electrons. The molecule has 1 aliphatic rings. The molecule has 2 heterocycles. The van der Waals surface area contributed by atoms with E-state index in [4.69, 9.17) is 4.74 Å². The number of unbranched alkanes of at least 4 members (excludes halogenated alkanes) is 1. The Morgan fingerprint density at radius 2 is 1.59 bits per heavy atom. The number of allylic oxidation sites excluding steroid dienone is 10. The van der Waals surface area contributed by atoms with Crippen LogP contribution < -0.4 is 4.74 Å². The molecule has 0 spiro atoms. The number of methoxy groups -OCH3 is 1. The van der Waals surface area contributed by atoms with E-state index in [2.05, 4.69) is 91.9 Å². The van der Waals surface area contributed by atoms with Gasteiger partial charge in [-0.1, -0.05) is 67.7 Å². The van der Waals surface area contributed by atoms with Crippen LogP contribution in [0.1, 0.15) is 81.5 Å². The van der Waals surface area contributed by atoms with Crippen molar-refractivity contribution in [1.82, 2.24) is 9.47 Å². The Morgan fingerprint density at radius 3 is 2.18 bits per heavy atom. The van der Waals surface area contributed by atoms with Crippen molar-refractivity contribution >= 4 is 16.8 Å². The fourth-order valence-corrected chi connectivity index (χ4v) is 5.12. The first-order valence-electron chi connectivity index (χ1n) is 14.8. The minimum atomic E-state index is 0.170. The molecule has 0 radical (unpaired) electrons. The Hall–Kier alpha value is -3.11. The van der Waals surface area contributed by atoms with Crippen molar-refractivity contribution in [2.24, 2.45) is 0 Å². The van der Waals surface area contributed by atoms with E-state index in [9.17, 15) is 4.79 Å². The molecule has 1 atom stereocenters. The van der Waals surface area contributed by atoms with Gasteiger partial charge >= 0.3 is 0 Å². The van der Waals surface area contributed by atoms with Gasteiger partial charge in [-0.15, -0.1) is 0 Å². The van der Waals surface area contributed by atoms with Crippen LogP contribution in [0.3, 0.4) is 0 Å². The average Bonchev–Trinajstić information content (AvgIpc) is 3.52. The summed E-state index contributed by atoms with van der Waals surface area (Å²) in [6.07, 6.45) is 35.0. The van der Waals surface area contributed by atoms with E-state index in [0.29, 0.717) is 12.5 Å². The lowest BCUT2D eigenvalue weighted by atomic mass is 10.0. The lowest BCUT2D eigenvalue weighted by molar-refractivity contribution is 0.0905. The summed E-state index contributed by atoms with van der Waals surface area (Å²) in [5, 5.41) is 1.14. The van der Waals surface area contributed by atoms with Crippen LogP contribution in [-0.2, 0) is 6.42 Å². The van der Waals surface area contributed by atoms with Gasteiger partial charge in [-0.25, -0.2) is 0 Å². The highest BCUT2D eigenvalue weighted by Gasteiger charge is 2.23. The van der Waals surface area contributed by atoms with Crippen molar-refractivity contribution in [1.29, 1.82) is 0 Å². The smallest absolute Gasteiger partial charge is 0.231 e. The molecule has 1 aromatic carbocycles. The third kappa shape index (κ3) is 10.2. The molecule has 4 nitrogen and oxygen atoms in total. The second kappa shape index (κ2) is 17.5. The lowest BCUT2D eigenvalue weighted by Gasteiger charge is -2.18. The maximum atomic E-state index is 13.2. The number of fused-ring (bicyclic) bond motifs is 1. The summed E-state index contributed by atoms with van der Waals surface area (Å²) in [7, 11) is 3.90. The number of hydrogen-bond donors (Lipinski definition) is 0. The minimum Gasteiger partial charge on any atom is -0.497 e. The Morgan fingerprint density at radius 1 is 0.949 bits per heavy atom. The van der Waals surface area contributed by atoms with Crippen LogP contribution in [0.2, 0.25) is 0 Å². The van der Waals surface area contributed by atoms with Crippen LogP contribution in [-0.4, -0.2) is 42.1 Å². The third-order valence-electron chi connectivity index (χ3n) is 7.41. The molecule has 39 heavy (non-hydrogen) atoms. The zero-order valence-electron chi connectivity index (χ0n) is 24.4. The number of aromatic nitrogens is 1. The van der Waals surface area contributed by atoms with Gasteiger partial charge in [-0.05, 0) is 102 Å². The summed E-state index contributed by atoms with van der Waals surface area (Å²) in [4.78, 5) is 15.6. The van der Waals surface area contributed by atoms with Crippen LogP contribution in [0, 0.1) is 0 Å². The summed E-state index contributed by atoms with van der Waals surface area (Å²) < 4.78 is 7.35. The van der Waals surface area contributed by atoms with Gasteiger partial charge in [0.05, 0.1) is 12.6 Å². The van der Waals surface area contributed by atoms with Gasteiger partial charge in [0, 0.05) is 24.0 Å². The lowest BCUT2D eigenvalue weighted by Crippen LogP contribution is -2.26. The van der Waals surface area contributed by atoms with Crippen molar-refractivity contribution < 1.29 is 9.53 Å². The molecule has 3 rings (SSSR count). The number of carbonyl (C=O) groups excluding carboxylic acids is 1.